The van der Waals surface area contributed by atoms with Crippen LogP contribution in [-0.4, -0.2) is 17.1 Å². The molecule has 0 radical (unpaired) electrons. The highest BCUT2D eigenvalue weighted by molar-refractivity contribution is 5.34. The number of nitrogens with two attached hydrogens (primary N) is 1. The van der Waals surface area contributed by atoms with Gasteiger partial charge in [0.15, 0.2) is 0 Å². The van der Waals surface area contributed by atoms with Gasteiger partial charge >= 0.3 is 0 Å². The number of ether oxygens (including phenoxy) is 1. The van der Waals surface area contributed by atoms with Crippen molar-refractivity contribution in [3.05, 3.63) is 17.1 Å². The van der Waals surface area contributed by atoms with Crippen LogP contribution in [0.1, 0.15) is 36.5 Å². The predicted molar refractivity (Wildman–Crippen MR) is 53.2 cm³/mol. The van der Waals surface area contributed by atoms with E-state index < -0.39 is 0 Å². The van der Waals surface area contributed by atoms with Crippen LogP contribution in [0.5, 0.6) is 5.88 Å². The van der Waals surface area contributed by atoms with Gasteiger partial charge in [0.2, 0.25) is 5.88 Å². The van der Waals surface area contributed by atoms with Crippen LogP contribution in [0.15, 0.2) is 0 Å². The van der Waals surface area contributed by atoms with E-state index in [-0.39, 0.29) is 6.04 Å². The third kappa shape index (κ3) is 1.46. The highest BCUT2D eigenvalue weighted by atomic mass is 16.5. The number of fused-ring (bicyclic) bond motifs is 1. The summed E-state index contributed by atoms with van der Waals surface area (Å²) >= 11 is 0. The molecule has 4 nitrogen and oxygen atoms in total. The number of hydrogen-bond acceptors (Lipinski definition) is 4. The van der Waals surface area contributed by atoms with Crippen molar-refractivity contribution in [2.24, 2.45) is 5.73 Å². The van der Waals surface area contributed by atoms with E-state index in [1.165, 1.54) is 0 Å². The lowest BCUT2D eigenvalue weighted by Gasteiger charge is -2.10. The maximum Gasteiger partial charge on any atom is 0.219 e. The molecular weight excluding hydrogens is 178 g/mol. The Kier molecular flexibility index (Phi) is 2.37. The van der Waals surface area contributed by atoms with Gasteiger partial charge in [-0.05, 0) is 26.2 Å². The largest absolute Gasteiger partial charge is 0.481 e. The Labute approximate surface area is 83.5 Å². The van der Waals surface area contributed by atoms with E-state index in [1.807, 2.05) is 6.92 Å². The zero-order chi connectivity index (χ0) is 10.1. The second-order valence-electron chi connectivity index (χ2n) is 3.66. The normalized spacial score (nSPS) is 16.5. The molecule has 0 amide bonds. The van der Waals surface area contributed by atoms with Crippen molar-refractivity contribution in [1.82, 2.24) is 9.97 Å². The van der Waals surface area contributed by atoms with E-state index in [4.69, 9.17) is 10.5 Å². The van der Waals surface area contributed by atoms with Crippen LogP contribution in [-0.2, 0) is 12.8 Å². The highest BCUT2D eigenvalue weighted by Gasteiger charge is 2.20. The second-order valence-corrected chi connectivity index (χ2v) is 3.66. The van der Waals surface area contributed by atoms with Gasteiger partial charge in [-0.2, -0.15) is 4.98 Å². The molecule has 0 saturated heterocycles. The van der Waals surface area contributed by atoms with Crippen molar-refractivity contribution in [2.45, 2.75) is 32.2 Å². The smallest absolute Gasteiger partial charge is 0.219 e. The van der Waals surface area contributed by atoms with E-state index in [9.17, 15) is 0 Å². The molecule has 0 fully saturated rings. The molecule has 0 spiro atoms. The first-order chi connectivity index (χ1) is 6.72. The molecule has 1 aromatic heterocycles. The molecule has 14 heavy (non-hydrogen) atoms. The molecule has 1 atom stereocenters. The van der Waals surface area contributed by atoms with E-state index >= 15 is 0 Å². The zero-order valence-electron chi connectivity index (χ0n) is 8.58. The molecule has 2 N–H and O–H groups in total. The lowest BCUT2D eigenvalue weighted by molar-refractivity contribution is 0.388. The fraction of sp³-hybridized carbons (Fsp3) is 0.600. The molecule has 0 bridgehead atoms. The first kappa shape index (κ1) is 9.40. The second kappa shape index (κ2) is 3.53. The molecular formula is C10H15N3O. The Morgan fingerprint density at radius 1 is 1.36 bits per heavy atom. The van der Waals surface area contributed by atoms with Gasteiger partial charge in [-0.25, -0.2) is 4.98 Å². The van der Waals surface area contributed by atoms with Gasteiger partial charge in [-0.3, -0.25) is 0 Å². The van der Waals surface area contributed by atoms with Crippen LogP contribution < -0.4 is 10.5 Å². The highest BCUT2D eigenvalue weighted by Crippen LogP contribution is 2.28. The average molecular weight is 193 g/mol. The first-order valence-electron chi connectivity index (χ1n) is 4.91. The third-order valence-electron chi connectivity index (χ3n) is 2.51. The maximum absolute atomic E-state index is 5.75. The SMILES string of the molecule is COc1nc(C(C)N)nc2c1CCC2. The van der Waals surface area contributed by atoms with Gasteiger partial charge < -0.3 is 10.5 Å². The number of rotatable bonds is 2. The van der Waals surface area contributed by atoms with Crippen LogP contribution in [0.3, 0.4) is 0 Å². The fourth-order valence-electron chi connectivity index (χ4n) is 1.79. The number of aromatic nitrogens is 2. The number of aryl methyl sites for hydroxylation is 1. The van der Waals surface area contributed by atoms with Crippen molar-refractivity contribution >= 4 is 0 Å². The fourth-order valence-corrected chi connectivity index (χ4v) is 1.79. The lowest BCUT2D eigenvalue weighted by atomic mass is 10.2. The van der Waals surface area contributed by atoms with Gasteiger partial charge in [-0.15, -0.1) is 0 Å². The minimum atomic E-state index is -0.130. The van der Waals surface area contributed by atoms with E-state index in [0.29, 0.717) is 11.7 Å². The Morgan fingerprint density at radius 3 is 2.79 bits per heavy atom. The summed E-state index contributed by atoms with van der Waals surface area (Å²) in [6, 6.07) is -0.130. The molecule has 1 aliphatic carbocycles. The average Bonchev–Trinajstić information content (AvgIpc) is 2.63. The molecule has 0 aromatic carbocycles. The van der Waals surface area contributed by atoms with Gasteiger partial charge in [-0.1, -0.05) is 0 Å². The standard InChI is InChI=1S/C10H15N3O/c1-6(11)9-12-8-5-3-4-7(8)10(13-9)14-2/h6H,3-5,11H2,1-2H3. The Balaban J connectivity index is 2.49. The summed E-state index contributed by atoms with van der Waals surface area (Å²) in [7, 11) is 1.64. The quantitative estimate of drug-likeness (QED) is 0.761. The number of nitrogens with zero attached hydrogens (tertiary/aromatic N) is 2. The summed E-state index contributed by atoms with van der Waals surface area (Å²) in [4.78, 5) is 8.75. The van der Waals surface area contributed by atoms with Crippen molar-refractivity contribution in [3.8, 4) is 5.88 Å². The monoisotopic (exact) mass is 193 g/mol. The van der Waals surface area contributed by atoms with E-state index in [0.717, 1.165) is 30.5 Å². The van der Waals surface area contributed by atoms with Crippen LogP contribution in [0.25, 0.3) is 0 Å². The van der Waals surface area contributed by atoms with Crippen molar-refractivity contribution < 1.29 is 4.74 Å². The molecule has 76 valence electrons. The van der Waals surface area contributed by atoms with Crippen LogP contribution in [0.4, 0.5) is 0 Å². The number of hydrogen-bond donors (Lipinski definition) is 1. The minimum absolute atomic E-state index is 0.130. The summed E-state index contributed by atoms with van der Waals surface area (Å²) < 4.78 is 5.24. The molecule has 1 unspecified atom stereocenters. The third-order valence-corrected chi connectivity index (χ3v) is 2.51. The van der Waals surface area contributed by atoms with Gasteiger partial charge in [0.1, 0.15) is 5.82 Å². The van der Waals surface area contributed by atoms with E-state index in [2.05, 4.69) is 9.97 Å². The molecule has 1 aliphatic rings. The topological polar surface area (TPSA) is 61.0 Å². The van der Waals surface area contributed by atoms with Gasteiger partial charge in [0.05, 0.1) is 18.8 Å². The van der Waals surface area contributed by atoms with Crippen molar-refractivity contribution in [3.63, 3.8) is 0 Å². The van der Waals surface area contributed by atoms with Crippen molar-refractivity contribution in [2.75, 3.05) is 7.11 Å². The molecule has 0 aliphatic heterocycles. The lowest BCUT2D eigenvalue weighted by Crippen LogP contribution is -2.12. The summed E-state index contributed by atoms with van der Waals surface area (Å²) in [6.07, 6.45) is 3.19. The summed E-state index contributed by atoms with van der Waals surface area (Å²) in [5, 5.41) is 0. The Hall–Kier alpha value is -1.16. The molecule has 1 aromatic rings. The molecule has 2 rings (SSSR count). The molecule has 4 heteroatoms. The van der Waals surface area contributed by atoms with E-state index in [1.54, 1.807) is 7.11 Å². The van der Waals surface area contributed by atoms with Crippen LogP contribution in [0, 0.1) is 0 Å². The van der Waals surface area contributed by atoms with Crippen LogP contribution in [0.2, 0.25) is 0 Å². The molecule has 1 heterocycles. The maximum atomic E-state index is 5.75. The number of methoxy groups -OCH3 is 1. The van der Waals surface area contributed by atoms with Crippen LogP contribution >= 0.6 is 0 Å². The zero-order valence-corrected chi connectivity index (χ0v) is 8.58. The summed E-state index contributed by atoms with van der Waals surface area (Å²) in [5.74, 6) is 1.39. The van der Waals surface area contributed by atoms with Crippen molar-refractivity contribution in [1.29, 1.82) is 0 Å². The minimum Gasteiger partial charge on any atom is -0.481 e. The van der Waals surface area contributed by atoms with Gasteiger partial charge in [0, 0.05) is 5.56 Å². The predicted octanol–water partition coefficient (Wildman–Crippen LogP) is 0.994. The Morgan fingerprint density at radius 2 is 2.14 bits per heavy atom. The summed E-state index contributed by atoms with van der Waals surface area (Å²) in [5.41, 5.74) is 8.03. The molecule has 0 saturated carbocycles. The van der Waals surface area contributed by atoms with Gasteiger partial charge in [0.25, 0.3) is 0 Å². The Bertz CT molecular complexity index is 349. The summed E-state index contributed by atoms with van der Waals surface area (Å²) in [6.45, 7) is 1.89. The first-order valence-corrected chi connectivity index (χ1v) is 4.91.